The number of hydrogen-bond acceptors (Lipinski definition) is 6. The van der Waals surface area contributed by atoms with Crippen molar-refractivity contribution >= 4 is 74.0 Å². The highest BCUT2D eigenvalue weighted by Crippen LogP contribution is 2.46. The van der Waals surface area contributed by atoms with E-state index < -0.39 is 0 Å². The minimum Gasteiger partial charge on any atom is -0.179 e. The second-order valence-corrected chi connectivity index (χ2v) is 9.23. The largest absolute Gasteiger partial charge is 0.179 e. The Hall–Kier alpha value is 2.10. The van der Waals surface area contributed by atoms with Crippen molar-refractivity contribution in [2.75, 3.05) is 23.0 Å². The van der Waals surface area contributed by atoms with Crippen LogP contribution in [0, 0.1) is 0 Å². The fourth-order valence-corrected chi connectivity index (χ4v) is 8.06. The van der Waals surface area contributed by atoms with Crippen LogP contribution in [-0.2, 0) is 0 Å². The van der Waals surface area contributed by atoms with E-state index in [9.17, 15) is 0 Å². The maximum absolute atomic E-state index is 4.42. The van der Waals surface area contributed by atoms with Gasteiger partial charge in [-0.3, -0.25) is 0 Å². The van der Waals surface area contributed by atoms with Gasteiger partial charge in [0.25, 0.3) is 0 Å². The first kappa shape index (κ1) is 18.1. The molecular weight excluding hydrogens is 337 g/mol. The van der Waals surface area contributed by atoms with Crippen LogP contribution in [0.3, 0.4) is 0 Å². The molecule has 1 heterocycles. The topological polar surface area (TPSA) is 0 Å². The van der Waals surface area contributed by atoms with E-state index in [0.29, 0.717) is 0 Å². The summed E-state index contributed by atoms with van der Waals surface area (Å²) in [6.45, 7) is 0. The zero-order chi connectivity index (χ0) is 13.4. The quantitative estimate of drug-likeness (QED) is 0.479. The zero-order valence-electron chi connectivity index (χ0n) is 10.6. The van der Waals surface area contributed by atoms with Gasteiger partial charge in [0.2, 0.25) is 0 Å². The maximum atomic E-state index is 4.42. The van der Waals surface area contributed by atoms with Gasteiger partial charge in [-0.05, 0) is 48.7 Å². The van der Waals surface area contributed by atoms with Crippen molar-refractivity contribution in [1.82, 2.24) is 0 Å². The van der Waals surface area contributed by atoms with E-state index in [1.165, 1.54) is 25.7 Å². The highest BCUT2D eigenvalue weighted by molar-refractivity contribution is 8.08. The van der Waals surface area contributed by atoms with Gasteiger partial charge in [-0.15, -0.1) is 0 Å². The van der Waals surface area contributed by atoms with Gasteiger partial charge < -0.3 is 0 Å². The van der Waals surface area contributed by atoms with Crippen LogP contribution in [0.15, 0.2) is 0 Å². The third kappa shape index (κ3) is 5.84. The highest BCUT2D eigenvalue weighted by atomic mass is 32.2. The van der Waals surface area contributed by atoms with Crippen molar-refractivity contribution < 1.29 is 0 Å². The second kappa shape index (κ2) is 10.8. The molecule has 0 N–H and O–H groups in total. The van der Waals surface area contributed by atoms with Gasteiger partial charge in [-0.25, -0.2) is 0 Å². The predicted molar refractivity (Wildman–Crippen MR) is 104 cm³/mol. The Balaban J connectivity index is 2.64. The number of hydrogen-bond donors (Lipinski definition) is 4. The predicted octanol–water partition coefficient (Wildman–Crippen LogP) is 4.22. The fourth-order valence-electron chi connectivity index (χ4n) is 2.32. The third-order valence-electron chi connectivity index (χ3n) is 3.18. The van der Waals surface area contributed by atoms with Crippen molar-refractivity contribution in [3.05, 3.63) is 0 Å². The van der Waals surface area contributed by atoms with E-state index in [-0.39, 0.29) is 0 Å². The number of thioether (sulfide) groups is 2. The van der Waals surface area contributed by atoms with Gasteiger partial charge in [-0.1, -0.05) is 0 Å². The molecule has 0 aromatic heterocycles. The van der Waals surface area contributed by atoms with Crippen molar-refractivity contribution in [3.63, 3.8) is 0 Å². The molecule has 1 aliphatic heterocycles. The first-order valence-electron chi connectivity index (χ1n) is 6.51. The molecule has 0 saturated carbocycles. The minimum atomic E-state index is 0.751. The molecule has 4 unspecified atom stereocenters. The summed E-state index contributed by atoms with van der Waals surface area (Å²) in [5.74, 6) is 3.97. The van der Waals surface area contributed by atoms with Crippen LogP contribution in [0.25, 0.3) is 0 Å². The molecule has 0 radical (unpaired) electrons. The van der Waals surface area contributed by atoms with Crippen LogP contribution in [0.4, 0.5) is 0 Å². The van der Waals surface area contributed by atoms with Crippen molar-refractivity contribution in [1.29, 1.82) is 0 Å². The lowest BCUT2D eigenvalue weighted by Gasteiger charge is -2.41. The van der Waals surface area contributed by atoms with Crippen LogP contribution < -0.4 is 0 Å². The molecule has 0 bridgehead atoms. The van der Waals surface area contributed by atoms with Crippen molar-refractivity contribution in [2.45, 2.75) is 46.7 Å². The molecule has 4 atom stereocenters. The molecule has 1 rings (SSSR count). The first-order valence-corrected chi connectivity index (χ1v) is 10.9. The molecular formula is C12H24S6. The zero-order valence-corrected chi connectivity index (χ0v) is 15.8. The summed E-state index contributed by atoms with van der Waals surface area (Å²) in [6.07, 6.45) is 4.87. The molecule has 0 aromatic carbocycles. The molecule has 0 nitrogen and oxygen atoms in total. The average Bonchev–Trinajstić information content (AvgIpc) is 2.35. The van der Waals surface area contributed by atoms with E-state index in [4.69, 9.17) is 0 Å². The fraction of sp³-hybridized carbons (Fsp3) is 1.00. The van der Waals surface area contributed by atoms with Gasteiger partial charge in [0.15, 0.2) is 0 Å². The Kier molecular flexibility index (Phi) is 10.9. The summed E-state index contributed by atoms with van der Waals surface area (Å²) in [5, 5.41) is 3.00. The van der Waals surface area contributed by atoms with E-state index in [1.54, 1.807) is 0 Å². The van der Waals surface area contributed by atoms with Gasteiger partial charge in [0.05, 0.1) is 0 Å². The summed E-state index contributed by atoms with van der Waals surface area (Å²) < 4.78 is 0. The molecule has 18 heavy (non-hydrogen) atoms. The SMILES string of the molecule is SCCC1SC(CCS)C(CCS)SC1CCS. The Morgan fingerprint density at radius 2 is 0.722 bits per heavy atom. The van der Waals surface area contributed by atoms with Crippen molar-refractivity contribution in [3.8, 4) is 0 Å². The van der Waals surface area contributed by atoms with Gasteiger partial charge in [0.1, 0.15) is 0 Å². The summed E-state index contributed by atoms with van der Waals surface area (Å²) in [6, 6.07) is 0. The van der Waals surface area contributed by atoms with E-state index >= 15 is 0 Å². The highest BCUT2D eigenvalue weighted by Gasteiger charge is 2.36. The molecule has 1 fully saturated rings. The molecule has 0 aliphatic carbocycles. The summed E-state index contributed by atoms with van der Waals surface area (Å²) in [7, 11) is 0. The van der Waals surface area contributed by atoms with Gasteiger partial charge in [0, 0.05) is 21.0 Å². The van der Waals surface area contributed by atoms with Gasteiger partial charge >= 0.3 is 0 Å². The Labute approximate surface area is 143 Å². The standard InChI is InChI=1S/C12H24S6/c13-5-1-9-10(2-6-14)18-12(4-8-16)11(17-9)3-7-15/h9-16H,1-8H2. The first-order chi connectivity index (χ1) is 8.76. The number of rotatable bonds is 8. The molecule has 0 aromatic rings. The average molecular weight is 361 g/mol. The minimum absolute atomic E-state index is 0.751. The Morgan fingerprint density at radius 1 is 0.500 bits per heavy atom. The second-order valence-electron chi connectivity index (χ2n) is 4.48. The lowest BCUT2D eigenvalue weighted by Crippen LogP contribution is -2.37. The Bertz CT molecular complexity index is 171. The molecule has 1 saturated heterocycles. The van der Waals surface area contributed by atoms with E-state index in [1.807, 2.05) is 0 Å². The molecule has 6 heteroatoms. The Morgan fingerprint density at radius 3 is 0.889 bits per heavy atom. The lowest BCUT2D eigenvalue weighted by atomic mass is 10.2. The van der Waals surface area contributed by atoms with E-state index in [2.05, 4.69) is 74.0 Å². The van der Waals surface area contributed by atoms with Crippen LogP contribution in [0.5, 0.6) is 0 Å². The van der Waals surface area contributed by atoms with Crippen molar-refractivity contribution in [2.24, 2.45) is 0 Å². The molecule has 108 valence electrons. The maximum Gasteiger partial charge on any atom is 0.0177 e. The summed E-state index contributed by atoms with van der Waals surface area (Å²) >= 11 is 22.0. The summed E-state index contributed by atoms with van der Waals surface area (Å²) in [5.41, 5.74) is 0. The monoisotopic (exact) mass is 360 g/mol. The van der Waals surface area contributed by atoms with Gasteiger partial charge in [-0.2, -0.15) is 74.0 Å². The lowest BCUT2D eigenvalue weighted by molar-refractivity contribution is 0.678. The van der Waals surface area contributed by atoms with Crippen LogP contribution in [0.2, 0.25) is 0 Å². The molecule has 1 aliphatic rings. The van der Waals surface area contributed by atoms with Crippen LogP contribution in [0.1, 0.15) is 25.7 Å². The number of thiol groups is 4. The smallest absolute Gasteiger partial charge is 0.0177 e. The van der Waals surface area contributed by atoms with E-state index in [0.717, 1.165) is 44.0 Å². The molecule has 0 amide bonds. The summed E-state index contributed by atoms with van der Waals surface area (Å²) in [4.78, 5) is 0. The third-order valence-corrected chi connectivity index (χ3v) is 8.22. The molecule has 0 spiro atoms. The normalized spacial score (nSPS) is 32.7. The van der Waals surface area contributed by atoms with Crippen LogP contribution in [-0.4, -0.2) is 44.0 Å². The van der Waals surface area contributed by atoms with Crippen LogP contribution >= 0.6 is 74.0 Å².